The lowest BCUT2D eigenvalue weighted by molar-refractivity contribution is -0.143. The minimum absolute atomic E-state index is 0.0303. The van der Waals surface area contributed by atoms with Crippen molar-refractivity contribution in [2.24, 2.45) is 29.2 Å². The van der Waals surface area contributed by atoms with E-state index in [-0.39, 0.29) is 41.2 Å². The van der Waals surface area contributed by atoms with Crippen molar-refractivity contribution < 1.29 is 56.0 Å². The number of likely N-dealkylation sites (N-methyl/N-ethyl adjacent to an activating group) is 1. The monoisotopic (exact) mass is 639 g/mol. The van der Waals surface area contributed by atoms with Gasteiger partial charge in [0.25, 0.3) is 5.91 Å². The van der Waals surface area contributed by atoms with Crippen LogP contribution in [0.5, 0.6) is 5.75 Å². The van der Waals surface area contributed by atoms with Crippen LogP contribution in [0.2, 0.25) is 0 Å². The van der Waals surface area contributed by atoms with Crippen LogP contribution in [0.1, 0.15) is 34.2 Å². The fourth-order valence-corrected chi connectivity index (χ4v) is 6.91. The van der Waals surface area contributed by atoms with Crippen LogP contribution in [0.4, 0.5) is 26.3 Å². The number of aliphatic hydroxyl groups excluding tert-OH is 2. The summed E-state index contributed by atoms with van der Waals surface area (Å²) in [6.07, 6.45) is -10.6. The molecule has 5 rings (SSSR count). The van der Waals surface area contributed by atoms with Crippen LogP contribution in [0, 0.1) is 17.8 Å². The molecule has 1 saturated carbocycles. The molecule has 240 valence electrons. The molecule has 0 radical (unpaired) electrons. The highest BCUT2D eigenvalue weighted by Gasteiger charge is 2.56. The molecule has 45 heavy (non-hydrogen) atoms. The van der Waals surface area contributed by atoms with Gasteiger partial charge in [-0.05, 0) is 79.7 Å². The van der Waals surface area contributed by atoms with E-state index in [0.717, 1.165) is 6.07 Å². The molecule has 0 aromatic heterocycles. The molecule has 3 unspecified atom stereocenters. The number of carbonyl (C=O) groups excluding carboxylic acids is 3. The maximum atomic E-state index is 13.9. The van der Waals surface area contributed by atoms with Gasteiger partial charge in [0.1, 0.15) is 22.8 Å². The van der Waals surface area contributed by atoms with E-state index in [2.05, 4.69) is 0 Å². The zero-order valence-electron chi connectivity index (χ0n) is 23.7. The molecular weight excluding hydrogens is 612 g/mol. The number of ketones is 2. The SMILES string of the molecule is CN(C)[C@@H]1C(O)=C(C(N)=O)C(=O)C2C(=O)C3=C(O)c4c(O)c(CN)cc(-c5cc(C(F)(F)F)cc(C(F)(F)F)c5)c4CC3CC21. The van der Waals surface area contributed by atoms with Crippen LogP contribution in [0.3, 0.4) is 0 Å². The maximum Gasteiger partial charge on any atom is 0.416 e. The van der Waals surface area contributed by atoms with E-state index >= 15 is 0 Å². The predicted octanol–water partition coefficient (Wildman–Crippen LogP) is 4.01. The molecule has 2 aromatic carbocycles. The lowest BCUT2D eigenvalue weighted by Crippen LogP contribution is -2.55. The van der Waals surface area contributed by atoms with Gasteiger partial charge in [-0.15, -0.1) is 0 Å². The first kappa shape index (κ1) is 32.0. The van der Waals surface area contributed by atoms with Crippen LogP contribution in [0.25, 0.3) is 16.9 Å². The molecule has 0 bridgehead atoms. The largest absolute Gasteiger partial charge is 0.510 e. The third-order valence-electron chi connectivity index (χ3n) is 8.76. The Morgan fingerprint density at radius 3 is 2.02 bits per heavy atom. The van der Waals surface area contributed by atoms with Crippen molar-refractivity contribution in [3.05, 3.63) is 69.0 Å². The van der Waals surface area contributed by atoms with Crippen molar-refractivity contribution in [1.29, 1.82) is 0 Å². The Morgan fingerprint density at radius 2 is 1.53 bits per heavy atom. The summed E-state index contributed by atoms with van der Waals surface area (Å²) in [5.74, 6) is -8.79. The van der Waals surface area contributed by atoms with Gasteiger partial charge in [0, 0.05) is 17.7 Å². The molecule has 0 heterocycles. The first-order valence-electron chi connectivity index (χ1n) is 13.6. The zero-order chi connectivity index (χ0) is 33.5. The molecule has 3 aliphatic carbocycles. The molecule has 9 nitrogen and oxygen atoms in total. The number of amides is 1. The molecule has 0 aliphatic heterocycles. The minimum atomic E-state index is -5.16. The van der Waals surface area contributed by atoms with Crippen molar-refractivity contribution in [2.75, 3.05) is 14.1 Å². The van der Waals surface area contributed by atoms with Crippen LogP contribution < -0.4 is 11.5 Å². The number of carbonyl (C=O) groups is 3. The van der Waals surface area contributed by atoms with Gasteiger partial charge in [-0.2, -0.15) is 26.3 Å². The number of nitrogens with two attached hydrogens (primary N) is 2. The number of aliphatic hydroxyl groups is 2. The summed E-state index contributed by atoms with van der Waals surface area (Å²) in [5.41, 5.74) is 5.50. The van der Waals surface area contributed by atoms with Crippen LogP contribution >= 0.6 is 0 Å². The molecule has 4 atom stereocenters. The van der Waals surface area contributed by atoms with Crippen molar-refractivity contribution in [2.45, 2.75) is 37.8 Å². The van der Waals surface area contributed by atoms with E-state index < -0.39 is 105 Å². The summed E-state index contributed by atoms with van der Waals surface area (Å²) >= 11 is 0. The van der Waals surface area contributed by atoms with Crippen molar-refractivity contribution in [1.82, 2.24) is 4.90 Å². The summed E-state index contributed by atoms with van der Waals surface area (Å²) in [5, 5.41) is 33.4. The number of alkyl halides is 6. The van der Waals surface area contributed by atoms with E-state index in [1.165, 1.54) is 19.0 Å². The summed E-state index contributed by atoms with van der Waals surface area (Å²) in [4.78, 5) is 40.8. The highest BCUT2D eigenvalue weighted by molar-refractivity contribution is 6.28. The van der Waals surface area contributed by atoms with E-state index in [4.69, 9.17) is 11.5 Å². The second-order valence-electron chi connectivity index (χ2n) is 11.6. The highest BCUT2D eigenvalue weighted by Crippen LogP contribution is 2.53. The summed E-state index contributed by atoms with van der Waals surface area (Å²) in [6, 6.07) is 1.08. The summed E-state index contributed by atoms with van der Waals surface area (Å²) in [7, 11) is 3.04. The fourth-order valence-electron chi connectivity index (χ4n) is 6.91. The Morgan fingerprint density at radius 1 is 0.956 bits per heavy atom. The summed E-state index contributed by atoms with van der Waals surface area (Å²) < 4.78 is 82.4. The molecule has 0 saturated heterocycles. The number of allylic oxidation sites excluding steroid dienone is 1. The van der Waals surface area contributed by atoms with Crippen molar-refractivity contribution in [3.8, 4) is 16.9 Å². The molecular formula is C30H27F6N3O6. The van der Waals surface area contributed by atoms with Gasteiger partial charge in [-0.25, -0.2) is 0 Å². The van der Waals surface area contributed by atoms with Crippen LogP contribution in [-0.4, -0.2) is 57.8 Å². The zero-order valence-corrected chi connectivity index (χ0v) is 23.7. The van der Waals surface area contributed by atoms with Gasteiger partial charge in [-0.1, -0.05) is 0 Å². The number of phenols is 1. The van der Waals surface area contributed by atoms with Gasteiger partial charge in [0.15, 0.2) is 11.6 Å². The second-order valence-corrected chi connectivity index (χ2v) is 11.6. The highest BCUT2D eigenvalue weighted by atomic mass is 19.4. The number of aromatic hydroxyl groups is 1. The van der Waals surface area contributed by atoms with Gasteiger partial charge < -0.3 is 26.8 Å². The Bertz CT molecular complexity index is 1690. The Kier molecular flexibility index (Phi) is 7.56. The average molecular weight is 640 g/mol. The molecule has 7 N–H and O–H groups in total. The van der Waals surface area contributed by atoms with Gasteiger partial charge in [0.05, 0.1) is 28.7 Å². The number of rotatable bonds is 4. The number of primary amides is 1. The number of hydrogen-bond acceptors (Lipinski definition) is 8. The molecule has 1 amide bonds. The van der Waals surface area contributed by atoms with Gasteiger partial charge in [0.2, 0.25) is 0 Å². The van der Waals surface area contributed by atoms with E-state index in [0.29, 0.717) is 12.1 Å². The standard InChI is InChI=1S/C30H27F6N3O6/c1-39(2)22-17-6-11-5-16-15(10-3-13(29(31,32)33)8-14(4-10)30(34,35)36)7-12(9-37)23(40)19(16)24(41)18(11)25(42)20(17)26(43)21(27(22)44)28(38)45/h3-4,7-8,11,17,20,22,40-41,44H,5-6,9,37H2,1-2H3,(H2,38,45)/t11?,17?,20?,22-/m0/s1. The number of fused-ring (bicyclic) bond motifs is 3. The van der Waals surface area contributed by atoms with Crippen molar-refractivity contribution in [3.63, 3.8) is 0 Å². The lowest BCUT2D eigenvalue weighted by Gasteiger charge is -2.46. The predicted molar refractivity (Wildman–Crippen MR) is 146 cm³/mol. The quantitative estimate of drug-likeness (QED) is 0.190. The number of nitrogens with zero attached hydrogens (tertiary/aromatic N) is 1. The van der Waals surface area contributed by atoms with Crippen molar-refractivity contribution >= 4 is 23.2 Å². The van der Waals surface area contributed by atoms with Crippen LogP contribution in [0.15, 0.2) is 41.2 Å². The smallest absolute Gasteiger partial charge is 0.416 e. The molecule has 1 fully saturated rings. The summed E-state index contributed by atoms with van der Waals surface area (Å²) in [6.45, 7) is -0.447. The maximum absolute atomic E-state index is 13.9. The van der Waals surface area contributed by atoms with Gasteiger partial charge >= 0.3 is 12.4 Å². The molecule has 15 heteroatoms. The van der Waals surface area contributed by atoms with Gasteiger partial charge in [-0.3, -0.25) is 19.3 Å². The van der Waals surface area contributed by atoms with E-state index in [1.807, 2.05) is 0 Å². The molecule has 0 spiro atoms. The Labute approximate surface area is 251 Å². The topological polar surface area (TPSA) is 167 Å². The number of halogens is 6. The Balaban J connectivity index is 1.76. The number of phenolic OH excluding ortho intramolecular Hbond substituents is 1. The van der Waals surface area contributed by atoms with E-state index in [9.17, 15) is 56.0 Å². The number of hydrogen-bond donors (Lipinski definition) is 5. The molecule has 3 aliphatic rings. The average Bonchev–Trinajstić information content (AvgIpc) is 2.91. The first-order valence-corrected chi connectivity index (χ1v) is 13.6. The third kappa shape index (κ3) is 5.03. The Hall–Kier alpha value is -4.37. The molecule has 2 aromatic rings. The normalized spacial score (nSPS) is 23.7. The lowest BCUT2D eigenvalue weighted by atomic mass is 9.59. The first-order chi connectivity index (χ1) is 20.8. The second kappa shape index (κ2) is 10.6. The van der Waals surface area contributed by atoms with E-state index in [1.54, 1.807) is 0 Å². The number of benzene rings is 2. The fraction of sp³-hybridized carbons (Fsp3) is 0.367. The van der Waals surface area contributed by atoms with Crippen LogP contribution in [-0.2, 0) is 39.7 Å². The third-order valence-corrected chi connectivity index (χ3v) is 8.76. The number of Topliss-reactive ketones (excluding diaryl/α,β-unsaturated/α-hetero) is 2. The minimum Gasteiger partial charge on any atom is -0.510 e.